The van der Waals surface area contributed by atoms with Gasteiger partial charge in [0.1, 0.15) is 5.82 Å². The number of pyridine rings is 1. The van der Waals surface area contributed by atoms with Crippen molar-refractivity contribution in [1.29, 1.82) is 0 Å². The number of hydrogen-bond acceptors (Lipinski definition) is 4. The number of ether oxygens (including phenoxy) is 1. The molecule has 0 aromatic carbocycles. The van der Waals surface area contributed by atoms with E-state index in [4.69, 9.17) is 4.74 Å². The Kier molecular flexibility index (Phi) is 6.64. The Morgan fingerprint density at radius 3 is 2.72 bits per heavy atom. The fourth-order valence-corrected chi connectivity index (χ4v) is 3.24. The van der Waals surface area contributed by atoms with Crippen LogP contribution in [-0.4, -0.2) is 51.3 Å². The molecule has 140 valence electrons. The molecule has 6 nitrogen and oxygen atoms in total. The Labute approximate surface area is 152 Å². The molecule has 1 aromatic rings. The zero-order valence-electron chi connectivity index (χ0n) is 16.5. The van der Waals surface area contributed by atoms with Crippen LogP contribution in [0.1, 0.15) is 32.9 Å². The second kappa shape index (κ2) is 8.52. The third kappa shape index (κ3) is 5.59. The molecule has 1 aliphatic heterocycles. The molecule has 2 heterocycles. The standard InChI is InChI=1S/C19H33N5O/c1-19(2,3)17-14(10-11-25-17)12-21-18(20-4)22-13-15-8-7-9-16(23-15)24(5)6/h7-9,14,17H,10-13H2,1-6H3,(H2,20,21,22). The van der Waals surface area contributed by atoms with E-state index >= 15 is 0 Å². The lowest BCUT2D eigenvalue weighted by molar-refractivity contribution is 0.00801. The maximum Gasteiger partial charge on any atom is 0.191 e. The minimum Gasteiger partial charge on any atom is -0.377 e. The van der Waals surface area contributed by atoms with Gasteiger partial charge in [-0.15, -0.1) is 0 Å². The van der Waals surface area contributed by atoms with E-state index in [0.29, 0.717) is 12.5 Å². The van der Waals surface area contributed by atoms with Crippen molar-refractivity contribution in [2.45, 2.75) is 39.8 Å². The van der Waals surface area contributed by atoms with E-state index in [9.17, 15) is 0 Å². The Bertz CT molecular complexity index is 579. The van der Waals surface area contributed by atoms with Gasteiger partial charge < -0.3 is 20.3 Å². The largest absolute Gasteiger partial charge is 0.377 e. The van der Waals surface area contributed by atoms with Gasteiger partial charge in [-0.2, -0.15) is 0 Å². The van der Waals surface area contributed by atoms with Gasteiger partial charge in [0.2, 0.25) is 0 Å². The predicted octanol–water partition coefficient (Wildman–Crippen LogP) is 2.26. The van der Waals surface area contributed by atoms with E-state index in [-0.39, 0.29) is 11.5 Å². The topological polar surface area (TPSA) is 61.8 Å². The summed E-state index contributed by atoms with van der Waals surface area (Å²) in [6.07, 6.45) is 1.38. The fraction of sp³-hybridized carbons (Fsp3) is 0.684. The highest BCUT2D eigenvalue weighted by molar-refractivity contribution is 5.79. The minimum atomic E-state index is 0.163. The second-order valence-electron chi connectivity index (χ2n) is 7.89. The zero-order valence-corrected chi connectivity index (χ0v) is 16.5. The molecule has 0 radical (unpaired) electrons. The molecule has 0 amide bonds. The summed E-state index contributed by atoms with van der Waals surface area (Å²) in [5.41, 5.74) is 1.15. The Hall–Kier alpha value is -1.82. The number of nitrogens with one attached hydrogen (secondary N) is 2. The highest BCUT2D eigenvalue weighted by Gasteiger charge is 2.37. The zero-order chi connectivity index (χ0) is 18.4. The molecule has 0 aliphatic carbocycles. The molecular weight excluding hydrogens is 314 g/mol. The normalized spacial score (nSPS) is 21.3. The molecule has 1 aromatic heterocycles. The SMILES string of the molecule is CN=C(NCc1cccc(N(C)C)n1)NCC1CCOC1C(C)(C)C. The monoisotopic (exact) mass is 347 g/mol. The highest BCUT2D eigenvalue weighted by Crippen LogP contribution is 2.34. The van der Waals surface area contributed by atoms with Crippen molar-refractivity contribution in [1.82, 2.24) is 15.6 Å². The third-order valence-corrected chi connectivity index (χ3v) is 4.51. The number of nitrogens with zero attached hydrogens (tertiary/aromatic N) is 3. The summed E-state index contributed by atoms with van der Waals surface area (Å²) in [5, 5.41) is 6.79. The van der Waals surface area contributed by atoms with E-state index in [1.165, 1.54) is 0 Å². The molecule has 1 aliphatic rings. The molecular formula is C19H33N5O. The molecule has 0 bridgehead atoms. The van der Waals surface area contributed by atoms with Gasteiger partial charge in [-0.3, -0.25) is 4.99 Å². The van der Waals surface area contributed by atoms with Gasteiger partial charge in [-0.25, -0.2) is 4.98 Å². The van der Waals surface area contributed by atoms with E-state index in [1.54, 1.807) is 7.05 Å². The average Bonchev–Trinajstić information content (AvgIpc) is 3.04. The van der Waals surface area contributed by atoms with Crippen LogP contribution < -0.4 is 15.5 Å². The van der Waals surface area contributed by atoms with Crippen molar-refractivity contribution in [3.05, 3.63) is 23.9 Å². The first kappa shape index (κ1) is 19.5. The summed E-state index contributed by atoms with van der Waals surface area (Å²) >= 11 is 0. The Morgan fingerprint density at radius 2 is 2.08 bits per heavy atom. The molecule has 2 rings (SSSR count). The van der Waals surface area contributed by atoms with Crippen molar-refractivity contribution in [2.24, 2.45) is 16.3 Å². The molecule has 6 heteroatoms. The van der Waals surface area contributed by atoms with Crippen molar-refractivity contribution in [3.63, 3.8) is 0 Å². The molecule has 0 spiro atoms. The van der Waals surface area contributed by atoms with Gasteiger partial charge in [0.05, 0.1) is 18.3 Å². The number of aliphatic imine (C=N–C) groups is 1. The number of hydrogen-bond donors (Lipinski definition) is 2. The van der Waals surface area contributed by atoms with Crippen LogP contribution in [-0.2, 0) is 11.3 Å². The Balaban J connectivity index is 1.86. The van der Waals surface area contributed by atoms with Crippen molar-refractivity contribution in [3.8, 4) is 0 Å². The van der Waals surface area contributed by atoms with E-state index < -0.39 is 0 Å². The van der Waals surface area contributed by atoms with Crippen molar-refractivity contribution < 1.29 is 4.74 Å². The van der Waals surface area contributed by atoms with Gasteiger partial charge in [0.15, 0.2) is 5.96 Å². The lowest BCUT2D eigenvalue weighted by Gasteiger charge is -2.31. The Morgan fingerprint density at radius 1 is 1.32 bits per heavy atom. The maximum atomic E-state index is 5.95. The van der Waals surface area contributed by atoms with Crippen LogP contribution in [0.4, 0.5) is 5.82 Å². The van der Waals surface area contributed by atoms with E-state index in [1.807, 2.05) is 37.2 Å². The smallest absolute Gasteiger partial charge is 0.191 e. The van der Waals surface area contributed by atoms with Crippen LogP contribution in [0, 0.1) is 11.3 Å². The molecule has 2 unspecified atom stereocenters. The summed E-state index contributed by atoms with van der Waals surface area (Å²) in [4.78, 5) is 10.9. The van der Waals surface area contributed by atoms with Gasteiger partial charge in [-0.05, 0) is 24.0 Å². The van der Waals surface area contributed by atoms with Crippen LogP contribution in [0.15, 0.2) is 23.2 Å². The number of guanidine groups is 1. The lowest BCUT2D eigenvalue weighted by Crippen LogP contribution is -2.43. The lowest BCUT2D eigenvalue weighted by atomic mass is 9.81. The summed E-state index contributed by atoms with van der Waals surface area (Å²) in [7, 11) is 5.79. The summed E-state index contributed by atoms with van der Waals surface area (Å²) < 4.78 is 5.95. The molecule has 2 N–H and O–H groups in total. The molecule has 25 heavy (non-hydrogen) atoms. The van der Waals surface area contributed by atoms with Crippen molar-refractivity contribution in [2.75, 3.05) is 39.2 Å². The van der Waals surface area contributed by atoms with Crippen LogP contribution in [0.2, 0.25) is 0 Å². The van der Waals surface area contributed by atoms with E-state index in [2.05, 4.69) is 41.4 Å². The number of aromatic nitrogens is 1. The molecule has 0 saturated carbocycles. The van der Waals surface area contributed by atoms with Crippen LogP contribution in [0.25, 0.3) is 0 Å². The van der Waals surface area contributed by atoms with Crippen LogP contribution in [0.5, 0.6) is 0 Å². The minimum absolute atomic E-state index is 0.163. The number of anilines is 1. The first-order valence-electron chi connectivity index (χ1n) is 9.00. The fourth-order valence-electron chi connectivity index (χ4n) is 3.24. The van der Waals surface area contributed by atoms with Gasteiger partial charge in [0.25, 0.3) is 0 Å². The second-order valence-corrected chi connectivity index (χ2v) is 7.89. The maximum absolute atomic E-state index is 5.95. The molecule has 1 fully saturated rings. The highest BCUT2D eigenvalue weighted by atomic mass is 16.5. The first-order valence-corrected chi connectivity index (χ1v) is 9.00. The van der Waals surface area contributed by atoms with Crippen LogP contribution in [0.3, 0.4) is 0 Å². The average molecular weight is 348 g/mol. The quantitative estimate of drug-likeness (QED) is 0.632. The van der Waals surface area contributed by atoms with Crippen LogP contribution >= 0.6 is 0 Å². The first-order chi connectivity index (χ1) is 11.8. The summed E-state index contributed by atoms with van der Waals surface area (Å²) in [6.45, 7) is 9.09. The summed E-state index contributed by atoms with van der Waals surface area (Å²) in [5.74, 6) is 2.27. The molecule has 2 atom stereocenters. The van der Waals surface area contributed by atoms with Gasteiger partial charge in [-0.1, -0.05) is 26.8 Å². The summed E-state index contributed by atoms with van der Waals surface area (Å²) in [6, 6.07) is 6.05. The van der Waals surface area contributed by atoms with Crippen molar-refractivity contribution >= 4 is 11.8 Å². The van der Waals surface area contributed by atoms with Gasteiger partial charge in [0, 0.05) is 40.2 Å². The van der Waals surface area contributed by atoms with E-state index in [0.717, 1.165) is 37.0 Å². The van der Waals surface area contributed by atoms with Gasteiger partial charge >= 0.3 is 0 Å². The third-order valence-electron chi connectivity index (χ3n) is 4.51. The molecule has 1 saturated heterocycles. The number of rotatable bonds is 5. The predicted molar refractivity (Wildman–Crippen MR) is 104 cm³/mol.